The van der Waals surface area contributed by atoms with E-state index in [-0.39, 0.29) is 5.56 Å². The largest absolute Gasteiger partial charge is 0.299 e. The number of aromatic nitrogens is 3. The number of hydrogen-bond donors (Lipinski definition) is 0. The molecule has 0 amide bonds. The third-order valence-electron chi connectivity index (χ3n) is 2.92. The van der Waals surface area contributed by atoms with Crippen molar-refractivity contribution in [3.05, 3.63) is 46.0 Å². The Morgan fingerprint density at radius 3 is 2.74 bits per heavy atom. The van der Waals surface area contributed by atoms with Crippen molar-refractivity contribution in [2.75, 3.05) is 0 Å². The summed E-state index contributed by atoms with van der Waals surface area (Å²) in [6, 6.07) is 7.30. The van der Waals surface area contributed by atoms with Gasteiger partial charge in [-0.3, -0.25) is 9.36 Å². The van der Waals surface area contributed by atoms with Gasteiger partial charge in [-0.25, -0.2) is 4.98 Å². The van der Waals surface area contributed by atoms with Crippen LogP contribution in [0.25, 0.3) is 21.5 Å². The monoisotopic (exact) mass is 291 g/mol. The van der Waals surface area contributed by atoms with Crippen molar-refractivity contribution in [3.63, 3.8) is 0 Å². The number of nitrogens with zero attached hydrogens (tertiary/aromatic N) is 3. The maximum atomic E-state index is 12.3. The number of rotatable bonds is 2. The zero-order chi connectivity index (χ0) is 13.4. The lowest BCUT2D eigenvalue weighted by molar-refractivity contribution is 0.718. The molecule has 0 fully saturated rings. The second kappa shape index (κ2) is 4.75. The molecule has 2 aromatic heterocycles. The number of halogens is 1. The first-order chi connectivity index (χ1) is 9.20. The van der Waals surface area contributed by atoms with E-state index in [1.165, 1.54) is 11.5 Å². The van der Waals surface area contributed by atoms with Gasteiger partial charge >= 0.3 is 0 Å². The summed E-state index contributed by atoms with van der Waals surface area (Å²) in [7, 11) is 0. The Kier molecular flexibility index (Phi) is 3.08. The van der Waals surface area contributed by atoms with Gasteiger partial charge in [-0.1, -0.05) is 23.7 Å². The first-order valence-electron chi connectivity index (χ1n) is 5.81. The molecule has 0 bridgehead atoms. The molecule has 0 N–H and O–H groups in total. The number of aryl methyl sites for hydroxylation is 1. The van der Waals surface area contributed by atoms with Gasteiger partial charge in [-0.2, -0.15) is 4.37 Å². The lowest BCUT2D eigenvalue weighted by Crippen LogP contribution is -2.19. The lowest BCUT2D eigenvalue weighted by Gasteiger charge is -2.01. The molecular weight excluding hydrogens is 282 g/mol. The van der Waals surface area contributed by atoms with Crippen molar-refractivity contribution in [2.45, 2.75) is 13.5 Å². The Morgan fingerprint density at radius 1 is 1.32 bits per heavy atom. The van der Waals surface area contributed by atoms with Gasteiger partial charge in [0.15, 0.2) is 4.83 Å². The minimum absolute atomic E-state index is 0.0498. The minimum atomic E-state index is -0.0498. The van der Waals surface area contributed by atoms with Crippen LogP contribution in [0.4, 0.5) is 0 Å². The average Bonchev–Trinajstić information content (AvgIpc) is 2.85. The van der Waals surface area contributed by atoms with Crippen LogP contribution in [0.1, 0.15) is 6.92 Å². The van der Waals surface area contributed by atoms with E-state index in [4.69, 9.17) is 11.6 Å². The van der Waals surface area contributed by atoms with E-state index < -0.39 is 0 Å². The molecule has 0 atom stereocenters. The van der Waals surface area contributed by atoms with Gasteiger partial charge in [0.2, 0.25) is 0 Å². The topological polar surface area (TPSA) is 47.8 Å². The smallest absolute Gasteiger partial charge is 0.264 e. The number of hydrogen-bond acceptors (Lipinski definition) is 4. The Hall–Kier alpha value is -1.72. The Balaban J connectivity index is 2.30. The first kappa shape index (κ1) is 12.3. The van der Waals surface area contributed by atoms with Gasteiger partial charge in [-0.05, 0) is 30.6 Å². The zero-order valence-corrected chi connectivity index (χ0v) is 11.7. The van der Waals surface area contributed by atoms with Crippen LogP contribution >= 0.6 is 23.1 Å². The lowest BCUT2D eigenvalue weighted by atomic mass is 10.1. The summed E-state index contributed by atoms with van der Waals surface area (Å²) in [6.07, 6.45) is 1.56. The van der Waals surface area contributed by atoms with Gasteiger partial charge in [-0.15, -0.1) is 0 Å². The van der Waals surface area contributed by atoms with E-state index in [2.05, 4.69) is 9.36 Å². The molecule has 0 aliphatic heterocycles. The summed E-state index contributed by atoms with van der Waals surface area (Å²) in [5, 5.41) is 1.24. The molecule has 19 heavy (non-hydrogen) atoms. The molecule has 0 unspecified atom stereocenters. The molecule has 2 heterocycles. The SMILES string of the molecule is CCn1cnc2snc(-c3ccc(Cl)cc3)c2c1=O. The summed E-state index contributed by atoms with van der Waals surface area (Å²) in [5.74, 6) is 0. The highest BCUT2D eigenvalue weighted by atomic mass is 35.5. The minimum Gasteiger partial charge on any atom is -0.299 e. The van der Waals surface area contributed by atoms with Crippen LogP contribution in [0, 0.1) is 0 Å². The van der Waals surface area contributed by atoms with Gasteiger partial charge in [0.25, 0.3) is 5.56 Å². The highest BCUT2D eigenvalue weighted by molar-refractivity contribution is 7.13. The second-order valence-electron chi connectivity index (χ2n) is 4.05. The standard InChI is InChI=1S/C13H10ClN3OS/c1-2-17-7-15-12-10(13(17)18)11(16-19-12)8-3-5-9(14)6-4-8/h3-7H,2H2,1H3. The Labute approximate surface area is 118 Å². The zero-order valence-electron chi connectivity index (χ0n) is 10.1. The molecule has 0 saturated heterocycles. The summed E-state index contributed by atoms with van der Waals surface area (Å²) >= 11 is 7.11. The molecule has 3 rings (SSSR count). The molecule has 3 aromatic rings. The van der Waals surface area contributed by atoms with Crippen LogP contribution in [0.2, 0.25) is 5.02 Å². The van der Waals surface area contributed by atoms with Crippen LogP contribution < -0.4 is 5.56 Å². The summed E-state index contributed by atoms with van der Waals surface area (Å²) < 4.78 is 5.93. The third kappa shape index (κ3) is 2.05. The van der Waals surface area contributed by atoms with Crippen molar-refractivity contribution in [1.29, 1.82) is 0 Å². The molecule has 0 saturated carbocycles. The molecular formula is C13H10ClN3OS. The van der Waals surface area contributed by atoms with Crippen molar-refractivity contribution < 1.29 is 0 Å². The van der Waals surface area contributed by atoms with E-state index in [1.54, 1.807) is 23.0 Å². The fourth-order valence-electron chi connectivity index (χ4n) is 1.91. The predicted octanol–water partition coefficient (Wildman–Crippen LogP) is 3.19. The van der Waals surface area contributed by atoms with Crippen molar-refractivity contribution >= 4 is 33.4 Å². The van der Waals surface area contributed by atoms with Crippen molar-refractivity contribution in [3.8, 4) is 11.3 Å². The van der Waals surface area contributed by atoms with Crippen LogP contribution in [0.3, 0.4) is 0 Å². The predicted molar refractivity (Wildman–Crippen MR) is 77.8 cm³/mol. The maximum absolute atomic E-state index is 12.3. The second-order valence-corrected chi connectivity index (χ2v) is 5.24. The third-order valence-corrected chi connectivity index (χ3v) is 3.93. The molecule has 1 aromatic carbocycles. The van der Waals surface area contributed by atoms with Crippen LogP contribution in [-0.4, -0.2) is 13.9 Å². The molecule has 0 spiro atoms. The molecule has 96 valence electrons. The highest BCUT2D eigenvalue weighted by Crippen LogP contribution is 2.27. The van der Waals surface area contributed by atoms with E-state index >= 15 is 0 Å². The van der Waals surface area contributed by atoms with E-state index in [1.807, 2.05) is 19.1 Å². The average molecular weight is 292 g/mol. The molecule has 4 nitrogen and oxygen atoms in total. The van der Waals surface area contributed by atoms with E-state index in [9.17, 15) is 4.79 Å². The van der Waals surface area contributed by atoms with Crippen molar-refractivity contribution in [2.24, 2.45) is 0 Å². The molecule has 0 radical (unpaired) electrons. The summed E-state index contributed by atoms with van der Waals surface area (Å²) in [4.78, 5) is 17.3. The fourth-order valence-corrected chi connectivity index (χ4v) is 2.78. The van der Waals surface area contributed by atoms with Gasteiger partial charge < -0.3 is 0 Å². The van der Waals surface area contributed by atoms with E-state index in [0.717, 1.165) is 5.56 Å². The van der Waals surface area contributed by atoms with Crippen molar-refractivity contribution in [1.82, 2.24) is 13.9 Å². The fraction of sp³-hybridized carbons (Fsp3) is 0.154. The van der Waals surface area contributed by atoms with Gasteiger partial charge in [0, 0.05) is 17.1 Å². The molecule has 0 aliphatic carbocycles. The van der Waals surface area contributed by atoms with E-state index in [0.29, 0.717) is 27.5 Å². The van der Waals surface area contributed by atoms with Crippen LogP contribution in [0.15, 0.2) is 35.4 Å². The summed E-state index contributed by atoms with van der Waals surface area (Å²) in [6.45, 7) is 2.51. The maximum Gasteiger partial charge on any atom is 0.264 e. The van der Waals surface area contributed by atoms with Crippen LogP contribution in [-0.2, 0) is 6.54 Å². The molecule has 0 aliphatic rings. The Morgan fingerprint density at radius 2 is 2.05 bits per heavy atom. The highest BCUT2D eigenvalue weighted by Gasteiger charge is 2.14. The molecule has 6 heteroatoms. The normalized spacial score (nSPS) is 11.1. The van der Waals surface area contributed by atoms with Gasteiger partial charge in [0.1, 0.15) is 5.39 Å². The Bertz CT molecular complexity index is 792. The van der Waals surface area contributed by atoms with Crippen LogP contribution in [0.5, 0.6) is 0 Å². The number of benzene rings is 1. The number of fused-ring (bicyclic) bond motifs is 1. The first-order valence-corrected chi connectivity index (χ1v) is 6.96. The summed E-state index contributed by atoms with van der Waals surface area (Å²) in [5.41, 5.74) is 1.51. The van der Waals surface area contributed by atoms with Gasteiger partial charge in [0.05, 0.1) is 12.0 Å². The quantitative estimate of drug-likeness (QED) is 0.728.